The third-order valence-corrected chi connectivity index (χ3v) is 2.43. The second-order valence-electron chi connectivity index (χ2n) is 4.63. The van der Waals surface area contributed by atoms with Gasteiger partial charge in [0.25, 0.3) is 0 Å². The van der Waals surface area contributed by atoms with Gasteiger partial charge >= 0.3 is 5.97 Å². The number of rotatable bonds is 8. The highest BCUT2D eigenvalue weighted by molar-refractivity contribution is 5.88. The maximum absolute atomic E-state index is 11.8. The van der Waals surface area contributed by atoms with Crippen molar-refractivity contribution < 1.29 is 19.5 Å². The molecule has 0 aromatic carbocycles. The predicted octanol–water partition coefficient (Wildman–Crippen LogP) is -0.948. The first-order valence-electron chi connectivity index (χ1n) is 5.79. The Kier molecular flexibility index (Phi) is 6.96. The third kappa shape index (κ3) is 6.19. The number of primary amides is 1. The van der Waals surface area contributed by atoms with Crippen LogP contribution in [0, 0.1) is 11.8 Å². The maximum Gasteiger partial charge on any atom is 0.326 e. The van der Waals surface area contributed by atoms with E-state index in [9.17, 15) is 14.4 Å². The predicted molar refractivity (Wildman–Crippen MR) is 65.4 cm³/mol. The van der Waals surface area contributed by atoms with Crippen molar-refractivity contribution in [3.8, 4) is 0 Å². The second kappa shape index (κ2) is 7.65. The Morgan fingerprint density at radius 1 is 1.28 bits per heavy atom. The van der Waals surface area contributed by atoms with E-state index in [0.717, 1.165) is 0 Å². The number of carbonyl (C=O) groups excluding carboxylic acids is 2. The van der Waals surface area contributed by atoms with Crippen molar-refractivity contribution in [2.24, 2.45) is 23.3 Å². The van der Waals surface area contributed by atoms with Crippen LogP contribution in [-0.4, -0.2) is 35.5 Å². The summed E-state index contributed by atoms with van der Waals surface area (Å²) in [7, 11) is 0. The summed E-state index contributed by atoms with van der Waals surface area (Å²) in [5, 5.41) is 11.1. The molecule has 0 saturated heterocycles. The van der Waals surface area contributed by atoms with Gasteiger partial charge in [-0.2, -0.15) is 0 Å². The van der Waals surface area contributed by atoms with Crippen molar-refractivity contribution in [1.82, 2.24) is 5.32 Å². The molecule has 0 aliphatic rings. The van der Waals surface area contributed by atoms with Gasteiger partial charge in [0.2, 0.25) is 11.8 Å². The molecule has 0 saturated carbocycles. The molecule has 7 nitrogen and oxygen atoms in total. The van der Waals surface area contributed by atoms with Gasteiger partial charge in [-0.1, -0.05) is 13.8 Å². The summed E-state index contributed by atoms with van der Waals surface area (Å²) >= 11 is 0. The number of nitrogens with one attached hydrogen (secondary N) is 1. The van der Waals surface area contributed by atoms with Gasteiger partial charge in [-0.25, -0.2) is 4.79 Å². The summed E-state index contributed by atoms with van der Waals surface area (Å²) in [5.41, 5.74) is 10.4. The zero-order valence-corrected chi connectivity index (χ0v) is 10.7. The number of hydrogen-bond donors (Lipinski definition) is 4. The van der Waals surface area contributed by atoms with Crippen molar-refractivity contribution >= 4 is 17.8 Å². The van der Waals surface area contributed by atoms with E-state index >= 15 is 0 Å². The van der Waals surface area contributed by atoms with Crippen LogP contribution in [-0.2, 0) is 14.4 Å². The molecule has 0 fully saturated rings. The minimum absolute atomic E-state index is 0.132. The van der Waals surface area contributed by atoms with Crippen molar-refractivity contribution in [2.75, 3.05) is 6.54 Å². The van der Waals surface area contributed by atoms with Crippen molar-refractivity contribution in [3.63, 3.8) is 0 Å². The smallest absolute Gasteiger partial charge is 0.326 e. The molecular formula is C11H21N3O4. The van der Waals surface area contributed by atoms with Gasteiger partial charge in [-0.3, -0.25) is 9.59 Å². The zero-order chi connectivity index (χ0) is 14.3. The Morgan fingerprint density at radius 2 is 1.83 bits per heavy atom. The molecule has 1 unspecified atom stereocenters. The number of carboxylic acid groups (broad SMARTS) is 1. The monoisotopic (exact) mass is 259 g/mol. The second-order valence-corrected chi connectivity index (χ2v) is 4.63. The Balaban J connectivity index is 4.56. The van der Waals surface area contributed by atoms with Crippen LogP contribution < -0.4 is 16.8 Å². The van der Waals surface area contributed by atoms with E-state index in [0.29, 0.717) is 6.42 Å². The van der Waals surface area contributed by atoms with Gasteiger partial charge in [0.15, 0.2) is 0 Å². The van der Waals surface area contributed by atoms with Crippen LogP contribution in [0.5, 0.6) is 0 Å². The average molecular weight is 259 g/mol. The summed E-state index contributed by atoms with van der Waals surface area (Å²) in [5.74, 6) is -2.72. The fraction of sp³-hybridized carbons (Fsp3) is 0.727. The number of amides is 2. The van der Waals surface area contributed by atoms with E-state index in [-0.39, 0.29) is 12.5 Å². The first kappa shape index (κ1) is 16.4. The molecule has 0 aliphatic carbocycles. The number of nitrogens with two attached hydrogens (primary N) is 2. The lowest BCUT2D eigenvalue weighted by Gasteiger charge is -2.19. The summed E-state index contributed by atoms with van der Waals surface area (Å²) in [6.45, 7) is 4.01. The van der Waals surface area contributed by atoms with E-state index in [4.69, 9.17) is 16.6 Å². The molecule has 0 spiro atoms. The highest BCUT2D eigenvalue weighted by Gasteiger charge is 2.26. The Hall–Kier alpha value is -1.63. The summed E-state index contributed by atoms with van der Waals surface area (Å²) < 4.78 is 0. The molecule has 2 atom stereocenters. The van der Waals surface area contributed by atoms with E-state index in [1.54, 1.807) is 0 Å². The number of aliphatic carboxylic acids is 1. The van der Waals surface area contributed by atoms with Crippen LogP contribution in [0.25, 0.3) is 0 Å². The molecule has 0 rings (SSSR count). The van der Waals surface area contributed by atoms with Gasteiger partial charge in [-0.05, 0) is 12.3 Å². The van der Waals surface area contributed by atoms with E-state index in [2.05, 4.69) is 5.32 Å². The molecule has 7 heteroatoms. The summed E-state index contributed by atoms with van der Waals surface area (Å²) in [4.78, 5) is 33.3. The van der Waals surface area contributed by atoms with Gasteiger partial charge in [0.05, 0.1) is 12.3 Å². The molecule has 18 heavy (non-hydrogen) atoms. The van der Waals surface area contributed by atoms with Crippen LogP contribution in [0.3, 0.4) is 0 Å². The molecule has 6 N–H and O–H groups in total. The lowest BCUT2D eigenvalue weighted by molar-refractivity contribution is -0.144. The van der Waals surface area contributed by atoms with E-state index in [1.165, 1.54) is 0 Å². The van der Waals surface area contributed by atoms with Crippen LogP contribution in [0.4, 0.5) is 0 Å². The summed E-state index contributed by atoms with van der Waals surface area (Å²) in [6, 6.07) is -1.30. The van der Waals surface area contributed by atoms with Crippen molar-refractivity contribution in [1.29, 1.82) is 0 Å². The van der Waals surface area contributed by atoms with Crippen molar-refractivity contribution in [3.05, 3.63) is 0 Å². The van der Waals surface area contributed by atoms with Gasteiger partial charge in [0.1, 0.15) is 6.04 Å². The Labute approximate surface area is 106 Å². The first-order chi connectivity index (χ1) is 8.27. The lowest BCUT2D eigenvalue weighted by atomic mass is 9.96. The zero-order valence-electron chi connectivity index (χ0n) is 10.7. The van der Waals surface area contributed by atoms with Gasteiger partial charge < -0.3 is 21.9 Å². The number of carbonyl (C=O) groups is 3. The van der Waals surface area contributed by atoms with Gasteiger partial charge in [-0.15, -0.1) is 0 Å². The number of hydrogen-bond acceptors (Lipinski definition) is 4. The SMILES string of the molecule is CC(C)CC(CN)C(=O)N[C@@H](CC(N)=O)C(=O)O. The van der Waals surface area contributed by atoms with Crippen LogP contribution in [0.2, 0.25) is 0 Å². The molecule has 104 valence electrons. The molecular weight excluding hydrogens is 238 g/mol. The highest BCUT2D eigenvalue weighted by atomic mass is 16.4. The van der Waals surface area contributed by atoms with E-state index in [1.807, 2.05) is 13.8 Å². The van der Waals surface area contributed by atoms with Crippen molar-refractivity contribution in [2.45, 2.75) is 32.7 Å². The fourth-order valence-electron chi connectivity index (χ4n) is 1.57. The quantitative estimate of drug-likeness (QED) is 0.445. The maximum atomic E-state index is 11.8. The molecule has 0 aromatic heterocycles. The van der Waals surface area contributed by atoms with Crippen LogP contribution >= 0.6 is 0 Å². The molecule has 0 aliphatic heterocycles. The lowest BCUT2D eigenvalue weighted by Crippen LogP contribution is -2.47. The average Bonchev–Trinajstić information content (AvgIpc) is 2.23. The molecule has 2 amide bonds. The third-order valence-electron chi connectivity index (χ3n) is 2.43. The van der Waals surface area contributed by atoms with E-state index < -0.39 is 36.2 Å². The van der Waals surface area contributed by atoms with Crippen LogP contribution in [0.1, 0.15) is 26.7 Å². The van der Waals surface area contributed by atoms with Gasteiger partial charge in [0, 0.05) is 6.54 Å². The largest absolute Gasteiger partial charge is 0.480 e. The van der Waals surface area contributed by atoms with Crippen LogP contribution in [0.15, 0.2) is 0 Å². The molecule has 0 heterocycles. The fourth-order valence-corrected chi connectivity index (χ4v) is 1.57. The molecule has 0 radical (unpaired) electrons. The minimum atomic E-state index is -1.30. The first-order valence-corrected chi connectivity index (χ1v) is 5.79. The topological polar surface area (TPSA) is 136 Å². The number of carboxylic acids is 1. The molecule has 0 bridgehead atoms. The minimum Gasteiger partial charge on any atom is -0.480 e. The Bertz CT molecular complexity index is 317. The highest BCUT2D eigenvalue weighted by Crippen LogP contribution is 2.11. The Morgan fingerprint density at radius 3 is 2.17 bits per heavy atom. The molecule has 0 aromatic rings. The summed E-state index contributed by atoms with van der Waals surface area (Å²) in [6.07, 6.45) is 0.130. The normalized spacial score (nSPS) is 14.0. The standard InChI is InChI=1S/C11H21N3O4/c1-6(2)3-7(5-12)10(16)14-8(11(17)18)4-9(13)15/h6-8H,3-5,12H2,1-2H3,(H2,13,15)(H,14,16)(H,17,18)/t7?,8-/m0/s1.